The maximum Gasteiger partial charge on any atom is 0.241 e. The second-order valence-corrected chi connectivity index (χ2v) is 5.41. The summed E-state index contributed by atoms with van der Waals surface area (Å²) in [6, 6.07) is 5.25. The molecule has 1 atom stereocenters. The molecule has 0 radical (unpaired) electrons. The van der Waals surface area contributed by atoms with Gasteiger partial charge in [-0.15, -0.1) is 0 Å². The normalized spacial score (nSPS) is 20.0. The molecule has 0 spiro atoms. The highest BCUT2D eigenvalue weighted by molar-refractivity contribution is 9.10. The number of halogens is 2. The monoisotopic (exact) mass is 316 g/mol. The first kappa shape index (κ1) is 12.9. The quantitative estimate of drug-likeness (QED) is 0.879. The van der Waals surface area contributed by atoms with E-state index < -0.39 is 0 Å². The molecule has 1 aromatic carbocycles. The van der Waals surface area contributed by atoms with Crippen molar-refractivity contribution in [3.8, 4) is 0 Å². The van der Waals surface area contributed by atoms with Gasteiger partial charge in [-0.1, -0.05) is 18.0 Å². The standard InChI is InChI=1S/C12H14BrClN2O/c13-9-7-8(14)4-5-10(9)16-12(17)11-3-1-2-6-15-11/h4-5,7,11,15H,1-3,6H2,(H,16,17)/t11-/m1/s1. The summed E-state index contributed by atoms with van der Waals surface area (Å²) in [4.78, 5) is 12.0. The maximum atomic E-state index is 12.0. The molecule has 2 N–H and O–H groups in total. The van der Waals surface area contributed by atoms with Crippen LogP contribution in [0.4, 0.5) is 5.69 Å². The molecular weight excluding hydrogens is 304 g/mol. The van der Waals surface area contributed by atoms with E-state index in [4.69, 9.17) is 11.6 Å². The number of hydrogen-bond acceptors (Lipinski definition) is 2. The Morgan fingerprint density at radius 1 is 1.47 bits per heavy atom. The fourth-order valence-electron chi connectivity index (χ4n) is 1.89. The molecule has 0 aliphatic carbocycles. The first-order chi connectivity index (χ1) is 8.16. The average molecular weight is 318 g/mol. The SMILES string of the molecule is O=C(Nc1ccc(Cl)cc1Br)[C@H]1CCCCN1. The van der Waals surface area contributed by atoms with Gasteiger partial charge in [0.2, 0.25) is 5.91 Å². The predicted octanol–water partition coefficient (Wildman–Crippen LogP) is 3.18. The minimum Gasteiger partial charge on any atom is -0.324 e. The summed E-state index contributed by atoms with van der Waals surface area (Å²) in [5.74, 6) is 0.0210. The van der Waals surface area contributed by atoms with Crippen molar-refractivity contribution in [3.05, 3.63) is 27.7 Å². The van der Waals surface area contributed by atoms with Crippen LogP contribution in [-0.2, 0) is 4.79 Å². The van der Waals surface area contributed by atoms with Crippen molar-refractivity contribution >= 4 is 39.1 Å². The Bertz CT molecular complexity index is 419. The number of nitrogens with one attached hydrogen (secondary N) is 2. The van der Waals surface area contributed by atoms with E-state index in [-0.39, 0.29) is 11.9 Å². The Labute approximate surface area is 114 Å². The zero-order valence-corrected chi connectivity index (χ0v) is 11.6. The molecule has 3 nitrogen and oxygen atoms in total. The second-order valence-electron chi connectivity index (χ2n) is 4.12. The molecule has 0 unspecified atom stereocenters. The topological polar surface area (TPSA) is 41.1 Å². The van der Waals surface area contributed by atoms with Crippen molar-refractivity contribution in [3.63, 3.8) is 0 Å². The van der Waals surface area contributed by atoms with Crippen molar-refractivity contribution in [1.29, 1.82) is 0 Å². The van der Waals surface area contributed by atoms with Crippen LogP contribution in [-0.4, -0.2) is 18.5 Å². The number of carbonyl (C=O) groups excluding carboxylic acids is 1. The fraction of sp³-hybridized carbons (Fsp3) is 0.417. The predicted molar refractivity (Wildman–Crippen MR) is 73.4 cm³/mol. The van der Waals surface area contributed by atoms with Gasteiger partial charge in [-0.2, -0.15) is 0 Å². The second kappa shape index (κ2) is 5.85. The van der Waals surface area contributed by atoms with Gasteiger partial charge in [0.05, 0.1) is 11.7 Å². The molecule has 0 bridgehead atoms. The van der Waals surface area contributed by atoms with E-state index in [2.05, 4.69) is 26.6 Å². The highest BCUT2D eigenvalue weighted by Crippen LogP contribution is 2.26. The Kier molecular flexibility index (Phi) is 4.42. The van der Waals surface area contributed by atoms with Crippen molar-refractivity contribution in [2.45, 2.75) is 25.3 Å². The van der Waals surface area contributed by atoms with Crippen molar-refractivity contribution in [1.82, 2.24) is 5.32 Å². The van der Waals surface area contributed by atoms with E-state index in [1.54, 1.807) is 18.2 Å². The first-order valence-electron chi connectivity index (χ1n) is 5.66. The van der Waals surface area contributed by atoms with Crippen LogP contribution in [0.1, 0.15) is 19.3 Å². The van der Waals surface area contributed by atoms with Gasteiger partial charge >= 0.3 is 0 Å². The highest BCUT2D eigenvalue weighted by Gasteiger charge is 2.20. The molecule has 1 aromatic rings. The van der Waals surface area contributed by atoms with Gasteiger partial charge in [0.15, 0.2) is 0 Å². The lowest BCUT2D eigenvalue weighted by molar-refractivity contribution is -0.118. The minimum absolute atomic E-state index is 0.0210. The van der Waals surface area contributed by atoms with Gasteiger partial charge in [0.25, 0.3) is 0 Å². The molecule has 1 aliphatic heterocycles. The number of anilines is 1. The van der Waals surface area contributed by atoms with Crippen molar-refractivity contribution in [2.24, 2.45) is 0 Å². The van der Waals surface area contributed by atoms with E-state index >= 15 is 0 Å². The molecule has 1 amide bonds. The molecule has 1 fully saturated rings. The molecule has 17 heavy (non-hydrogen) atoms. The summed E-state index contributed by atoms with van der Waals surface area (Å²) < 4.78 is 0.800. The molecule has 1 heterocycles. The lowest BCUT2D eigenvalue weighted by Crippen LogP contribution is -2.43. The molecule has 92 valence electrons. The first-order valence-corrected chi connectivity index (χ1v) is 6.83. The van der Waals surface area contributed by atoms with Gasteiger partial charge in [-0.05, 0) is 53.5 Å². The van der Waals surface area contributed by atoms with Crippen LogP contribution in [0.15, 0.2) is 22.7 Å². The highest BCUT2D eigenvalue weighted by atomic mass is 79.9. The van der Waals surface area contributed by atoms with Crippen LogP contribution in [0.2, 0.25) is 5.02 Å². The van der Waals surface area contributed by atoms with E-state index in [0.29, 0.717) is 5.02 Å². The third-order valence-corrected chi connectivity index (χ3v) is 3.71. The van der Waals surface area contributed by atoms with Gasteiger partial charge in [-0.3, -0.25) is 4.79 Å². The fourth-order valence-corrected chi connectivity index (χ4v) is 2.67. The van der Waals surface area contributed by atoms with Crippen LogP contribution >= 0.6 is 27.5 Å². The number of piperidine rings is 1. The van der Waals surface area contributed by atoms with Crippen LogP contribution < -0.4 is 10.6 Å². The molecule has 1 aliphatic rings. The number of amides is 1. The smallest absolute Gasteiger partial charge is 0.241 e. The van der Waals surface area contributed by atoms with Gasteiger partial charge in [-0.25, -0.2) is 0 Å². The third-order valence-electron chi connectivity index (χ3n) is 2.82. The third kappa shape index (κ3) is 3.44. The van der Waals surface area contributed by atoms with Crippen LogP contribution in [0.25, 0.3) is 0 Å². The summed E-state index contributed by atoms with van der Waals surface area (Å²) in [5.41, 5.74) is 0.756. The van der Waals surface area contributed by atoms with Gasteiger partial charge in [0.1, 0.15) is 0 Å². The Morgan fingerprint density at radius 3 is 2.94 bits per heavy atom. The Morgan fingerprint density at radius 2 is 2.29 bits per heavy atom. The molecule has 0 aromatic heterocycles. The summed E-state index contributed by atoms with van der Waals surface area (Å²) in [7, 11) is 0. The minimum atomic E-state index is -0.0775. The molecular formula is C12H14BrClN2O. The lowest BCUT2D eigenvalue weighted by atomic mass is 10.0. The molecule has 0 saturated carbocycles. The lowest BCUT2D eigenvalue weighted by Gasteiger charge is -2.22. The largest absolute Gasteiger partial charge is 0.324 e. The van der Waals surface area contributed by atoms with Gasteiger partial charge < -0.3 is 10.6 Å². The summed E-state index contributed by atoms with van der Waals surface area (Å²) in [5, 5.41) is 6.76. The maximum absolute atomic E-state index is 12.0. The van der Waals surface area contributed by atoms with Crippen molar-refractivity contribution in [2.75, 3.05) is 11.9 Å². The molecule has 1 saturated heterocycles. The molecule has 2 rings (SSSR count). The van der Waals surface area contributed by atoms with Crippen molar-refractivity contribution < 1.29 is 4.79 Å². The molecule has 5 heteroatoms. The van der Waals surface area contributed by atoms with Crippen LogP contribution in [0, 0.1) is 0 Å². The number of carbonyl (C=O) groups is 1. The van der Waals surface area contributed by atoms with Crippen LogP contribution in [0.5, 0.6) is 0 Å². The summed E-state index contributed by atoms with van der Waals surface area (Å²) in [6.07, 6.45) is 3.15. The van der Waals surface area contributed by atoms with E-state index in [0.717, 1.165) is 36.0 Å². The number of rotatable bonds is 2. The number of hydrogen-bond donors (Lipinski definition) is 2. The average Bonchev–Trinajstić information content (AvgIpc) is 2.34. The zero-order chi connectivity index (χ0) is 12.3. The van der Waals surface area contributed by atoms with Gasteiger partial charge in [0, 0.05) is 9.50 Å². The summed E-state index contributed by atoms with van der Waals surface area (Å²) >= 11 is 9.23. The van der Waals surface area contributed by atoms with E-state index in [9.17, 15) is 4.79 Å². The Balaban J connectivity index is 2.02. The zero-order valence-electron chi connectivity index (χ0n) is 9.30. The van der Waals surface area contributed by atoms with E-state index in [1.807, 2.05) is 0 Å². The summed E-state index contributed by atoms with van der Waals surface area (Å²) in [6.45, 7) is 0.917. The number of benzene rings is 1. The van der Waals surface area contributed by atoms with Crippen LogP contribution in [0.3, 0.4) is 0 Å². The van der Waals surface area contributed by atoms with E-state index in [1.165, 1.54) is 0 Å². The Hall–Kier alpha value is -0.580.